The molecule has 0 saturated carbocycles. The average molecular weight is 209 g/mol. The fraction of sp³-hybridized carbons (Fsp3) is 0. The lowest BCUT2D eigenvalue weighted by atomic mass is 10.1. The molecule has 4 heteroatoms. The van der Waals surface area contributed by atoms with E-state index in [9.17, 15) is 4.39 Å². The molecule has 0 fully saturated rings. The highest BCUT2D eigenvalue weighted by molar-refractivity contribution is 7.83. The molecule has 1 aromatic heterocycles. The lowest BCUT2D eigenvalue weighted by molar-refractivity contribution is 0.641. The summed E-state index contributed by atoms with van der Waals surface area (Å²) in [6.45, 7) is 0. The summed E-state index contributed by atoms with van der Waals surface area (Å²) in [5, 5.41) is 9.39. The maximum Gasteiger partial charge on any atom is 0.141 e. The third kappa shape index (κ3) is 1.30. The highest BCUT2D eigenvalue weighted by Crippen LogP contribution is 2.32. The Morgan fingerprint density at radius 3 is 2.92 bits per heavy atom. The molecule has 0 unspecified atom stereocenters. The highest BCUT2D eigenvalue weighted by atomic mass is 32.2. The van der Waals surface area contributed by atoms with Crippen LogP contribution in [0.2, 0.25) is 0 Å². The monoisotopic (exact) mass is 209 g/mol. The Kier molecular flexibility index (Phi) is 1.98. The van der Waals surface area contributed by atoms with Crippen LogP contribution in [-0.2, 0) is 0 Å². The molecule has 0 saturated heterocycles. The van der Waals surface area contributed by atoms with Crippen LogP contribution < -0.4 is 0 Å². The van der Waals surface area contributed by atoms with Gasteiger partial charge in [-0.15, -0.1) is 24.0 Å². The number of fused-ring (bicyclic) bond motifs is 1. The quantitative estimate of drug-likeness (QED) is 0.662. The van der Waals surface area contributed by atoms with Crippen LogP contribution >= 0.6 is 24.0 Å². The second kappa shape index (κ2) is 3.02. The van der Waals surface area contributed by atoms with Crippen LogP contribution in [-0.4, -0.2) is 0 Å². The zero-order valence-electron chi connectivity index (χ0n) is 6.41. The third-order valence-electron chi connectivity index (χ3n) is 1.74. The van der Waals surface area contributed by atoms with E-state index < -0.39 is 0 Å². The van der Waals surface area contributed by atoms with Gasteiger partial charge in [-0.25, -0.2) is 4.39 Å². The molecule has 0 bridgehead atoms. The lowest BCUT2D eigenvalue weighted by Gasteiger charge is -1.92. The number of nitrogens with zero attached hydrogens (tertiary/aromatic N) is 1. The maximum absolute atomic E-state index is 13.2. The molecule has 0 N–H and O–H groups in total. The Hall–Kier alpha value is -1.05. The van der Waals surface area contributed by atoms with E-state index in [-0.39, 0.29) is 5.82 Å². The van der Waals surface area contributed by atoms with E-state index in [0.717, 1.165) is 4.21 Å². The van der Waals surface area contributed by atoms with E-state index in [1.807, 2.05) is 6.07 Å². The molecule has 0 radical (unpaired) electrons. The van der Waals surface area contributed by atoms with Crippen molar-refractivity contribution >= 4 is 34.1 Å². The summed E-state index contributed by atoms with van der Waals surface area (Å²) in [5.74, 6) is -0.292. The van der Waals surface area contributed by atoms with Gasteiger partial charge in [-0.05, 0) is 18.2 Å². The second-order valence-electron chi connectivity index (χ2n) is 2.53. The van der Waals surface area contributed by atoms with Gasteiger partial charge in [-0.2, -0.15) is 5.26 Å². The molecule has 0 spiro atoms. The highest BCUT2D eigenvalue weighted by Gasteiger charge is 2.08. The third-order valence-corrected chi connectivity index (χ3v) is 3.09. The predicted molar refractivity (Wildman–Crippen MR) is 53.8 cm³/mol. The number of hydrogen-bond acceptors (Lipinski definition) is 3. The minimum atomic E-state index is -0.292. The van der Waals surface area contributed by atoms with Gasteiger partial charge in [0.15, 0.2) is 0 Å². The first-order valence-corrected chi connectivity index (χ1v) is 4.80. The normalized spacial score (nSPS) is 10.2. The van der Waals surface area contributed by atoms with Crippen molar-refractivity contribution in [3.63, 3.8) is 0 Å². The van der Waals surface area contributed by atoms with Crippen molar-refractivity contribution in [3.05, 3.63) is 29.6 Å². The van der Waals surface area contributed by atoms with Crippen molar-refractivity contribution in [1.82, 2.24) is 0 Å². The van der Waals surface area contributed by atoms with Crippen molar-refractivity contribution in [2.75, 3.05) is 0 Å². The van der Waals surface area contributed by atoms with Crippen molar-refractivity contribution in [2.45, 2.75) is 4.21 Å². The zero-order valence-corrected chi connectivity index (χ0v) is 8.12. The molecular formula is C9H4FNS2. The second-order valence-corrected chi connectivity index (χ2v) is 4.37. The molecule has 13 heavy (non-hydrogen) atoms. The van der Waals surface area contributed by atoms with Gasteiger partial charge in [-0.1, -0.05) is 0 Å². The van der Waals surface area contributed by atoms with E-state index in [0.29, 0.717) is 15.6 Å². The molecule has 1 heterocycles. The summed E-state index contributed by atoms with van der Waals surface area (Å²) >= 11 is 5.37. The summed E-state index contributed by atoms with van der Waals surface area (Å²) in [7, 11) is 0. The van der Waals surface area contributed by atoms with Gasteiger partial charge in [0.1, 0.15) is 5.82 Å². The molecule has 64 valence electrons. The summed E-state index contributed by atoms with van der Waals surface area (Å²) in [5.41, 5.74) is 0.493. The van der Waals surface area contributed by atoms with Gasteiger partial charge in [0.2, 0.25) is 0 Å². The number of thiol groups is 1. The molecule has 2 rings (SSSR count). The van der Waals surface area contributed by atoms with Crippen molar-refractivity contribution in [2.24, 2.45) is 0 Å². The fourth-order valence-corrected chi connectivity index (χ4v) is 2.41. The first-order valence-electron chi connectivity index (χ1n) is 3.53. The van der Waals surface area contributed by atoms with Crippen LogP contribution in [0.15, 0.2) is 22.4 Å². The van der Waals surface area contributed by atoms with Crippen LogP contribution in [0.25, 0.3) is 10.1 Å². The summed E-state index contributed by atoms with van der Waals surface area (Å²) in [6.07, 6.45) is 0. The van der Waals surface area contributed by atoms with E-state index in [1.54, 1.807) is 6.07 Å². The van der Waals surface area contributed by atoms with Crippen LogP contribution in [0, 0.1) is 17.1 Å². The molecular weight excluding hydrogens is 205 g/mol. The molecule has 1 nitrogen and oxygen atoms in total. The van der Waals surface area contributed by atoms with Gasteiger partial charge in [-0.3, -0.25) is 0 Å². The summed E-state index contributed by atoms with van der Waals surface area (Å²) < 4.78 is 14.4. The van der Waals surface area contributed by atoms with Crippen LogP contribution in [0.4, 0.5) is 4.39 Å². The van der Waals surface area contributed by atoms with Gasteiger partial charge in [0.25, 0.3) is 0 Å². The van der Waals surface area contributed by atoms with Crippen molar-refractivity contribution < 1.29 is 4.39 Å². The van der Waals surface area contributed by atoms with Gasteiger partial charge in [0.05, 0.1) is 20.5 Å². The number of hydrogen-bond donors (Lipinski definition) is 1. The predicted octanol–water partition coefficient (Wildman–Crippen LogP) is 3.20. The molecule has 0 aliphatic heterocycles. The molecule has 0 aliphatic carbocycles. The molecule has 2 aromatic rings. The summed E-state index contributed by atoms with van der Waals surface area (Å²) in [4.78, 5) is 0. The average Bonchev–Trinajstić information content (AvgIpc) is 2.48. The van der Waals surface area contributed by atoms with Gasteiger partial charge < -0.3 is 0 Å². The number of nitriles is 1. The topological polar surface area (TPSA) is 23.8 Å². The van der Waals surface area contributed by atoms with Crippen LogP contribution in [0.5, 0.6) is 0 Å². The Morgan fingerprint density at radius 2 is 2.23 bits per heavy atom. The minimum absolute atomic E-state index is 0.292. The molecule has 0 amide bonds. The number of thiophene rings is 1. The number of halogens is 1. The standard InChI is InChI=1S/C9H4FNS2/c10-7-2-1-5(4-11)6-3-8(12)13-9(6)7/h1-3,12H. The lowest BCUT2D eigenvalue weighted by Crippen LogP contribution is -1.78. The summed E-state index contributed by atoms with van der Waals surface area (Å²) in [6, 6.07) is 6.52. The number of benzene rings is 1. The van der Waals surface area contributed by atoms with Crippen molar-refractivity contribution in [3.8, 4) is 6.07 Å². The molecule has 1 aromatic carbocycles. The Balaban J connectivity index is 2.94. The molecule has 0 aliphatic rings. The Morgan fingerprint density at radius 1 is 1.46 bits per heavy atom. The SMILES string of the molecule is N#Cc1ccc(F)c2sc(S)cc12. The number of rotatable bonds is 0. The Labute approximate surface area is 83.8 Å². The zero-order chi connectivity index (χ0) is 9.42. The van der Waals surface area contributed by atoms with Crippen LogP contribution in [0.3, 0.4) is 0 Å². The van der Waals surface area contributed by atoms with Crippen molar-refractivity contribution in [1.29, 1.82) is 5.26 Å². The largest absolute Gasteiger partial charge is 0.205 e. The maximum atomic E-state index is 13.2. The van der Waals surface area contributed by atoms with Gasteiger partial charge in [0, 0.05) is 5.39 Å². The van der Waals surface area contributed by atoms with Gasteiger partial charge >= 0.3 is 0 Å². The fourth-order valence-electron chi connectivity index (χ4n) is 1.17. The van der Waals surface area contributed by atoms with Crippen LogP contribution in [0.1, 0.15) is 5.56 Å². The first kappa shape index (κ1) is 8.54. The minimum Gasteiger partial charge on any atom is -0.205 e. The van der Waals surface area contributed by atoms with E-state index >= 15 is 0 Å². The smallest absolute Gasteiger partial charge is 0.141 e. The first-order chi connectivity index (χ1) is 6.22. The van der Waals surface area contributed by atoms with E-state index in [1.165, 1.54) is 23.5 Å². The van der Waals surface area contributed by atoms with E-state index in [4.69, 9.17) is 5.26 Å². The van der Waals surface area contributed by atoms with E-state index in [2.05, 4.69) is 12.6 Å². The Bertz CT molecular complexity index is 510. The molecule has 0 atom stereocenters.